The van der Waals surface area contributed by atoms with E-state index in [4.69, 9.17) is 5.11 Å². The average Bonchev–Trinajstić information content (AvgIpc) is 1.88. The quantitative estimate of drug-likeness (QED) is 0.511. The fourth-order valence-corrected chi connectivity index (χ4v) is 0.672. The van der Waals surface area contributed by atoms with Crippen LogP contribution in [0.15, 0.2) is 0 Å². The SMILES string of the molecule is CCCC(CO)NC=O. The van der Waals surface area contributed by atoms with Crippen LogP contribution in [0.4, 0.5) is 0 Å². The summed E-state index contributed by atoms with van der Waals surface area (Å²) in [7, 11) is 0. The van der Waals surface area contributed by atoms with Gasteiger partial charge in [-0.05, 0) is 6.42 Å². The maximum absolute atomic E-state index is 9.83. The molecule has 0 saturated carbocycles. The van der Waals surface area contributed by atoms with Gasteiger partial charge in [0.2, 0.25) is 6.41 Å². The predicted octanol–water partition coefficient (Wildman–Crippen LogP) is -0.107. The molecule has 54 valence electrons. The molecule has 0 aromatic heterocycles. The molecule has 0 aliphatic rings. The van der Waals surface area contributed by atoms with Crippen molar-refractivity contribution in [3.05, 3.63) is 0 Å². The van der Waals surface area contributed by atoms with E-state index in [2.05, 4.69) is 5.32 Å². The van der Waals surface area contributed by atoms with Gasteiger partial charge in [0.25, 0.3) is 0 Å². The Hall–Kier alpha value is -0.570. The van der Waals surface area contributed by atoms with Crippen molar-refractivity contribution in [2.75, 3.05) is 6.61 Å². The molecule has 0 saturated heterocycles. The molecular formula is C6H13NO2. The van der Waals surface area contributed by atoms with Crippen molar-refractivity contribution >= 4 is 6.41 Å². The molecule has 9 heavy (non-hydrogen) atoms. The van der Waals surface area contributed by atoms with Gasteiger partial charge in [-0.25, -0.2) is 0 Å². The average molecular weight is 131 g/mol. The first-order valence-corrected chi connectivity index (χ1v) is 3.15. The van der Waals surface area contributed by atoms with E-state index < -0.39 is 0 Å². The zero-order valence-corrected chi connectivity index (χ0v) is 5.63. The summed E-state index contributed by atoms with van der Waals surface area (Å²) in [4.78, 5) is 9.83. The topological polar surface area (TPSA) is 49.3 Å². The van der Waals surface area contributed by atoms with Gasteiger partial charge in [-0.2, -0.15) is 0 Å². The summed E-state index contributed by atoms with van der Waals surface area (Å²) in [5.74, 6) is 0. The van der Waals surface area contributed by atoms with Gasteiger partial charge in [0.1, 0.15) is 0 Å². The Morgan fingerprint density at radius 1 is 1.78 bits per heavy atom. The van der Waals surface area contributed by atoms with Gasteiger partial charge in [0.15, 0.2) is 0 Å². The van der Waals surface area contributed by atoms with Gasteiger partial charge in [-0.3, -0.25) is 4.79 Å². The van der Waals surface area contributed by atoms with Crippen molar-refractivity contribution in [2.24, 2.45) is 0 Å². The van der Waals surface area contributed by atoms with Gasteiger partial charge in [0, 0.05) is 0 Å². The van der Waals surface area contributed by atoms with E-state index >= 15 is 0 Å². The van der Waals surface area contributed by atoms with Crippen molar-refractivity contribution in [1.29, 1.82) is 0 Å². The van der Waals surface area contributed by atoms with E-state index in [0.29, 0.717) is 6.41 Å². The van der Waals surface area contributed by atoms with Crippen LogP contribution in [-0.2, 0) is 4.79 Å². The van der Waals surface area contributed by atoms with Crippen LogP contribution in [0.2, 0.25) is 0 Å². The Bertz CT molecular complexity index is 75.5. The second-order valence-electron chi connectivity index (χ2n) is 1.95. The predicted molar refractivity (Wildman–Crippen MR) is 35.0 cm³/mol. The Kier molecular flexibility index (Phi) is 5.21. The zero-order chi connectivity index (χ0) is 7.11. The minimum Gasteiger partial charge on any atom is -0.394 e. The van der Waals surface area contributed by atoms with Gasteiger partial charge >= 0.3 is 0 Å². The Labute approximate surface area is 55.1 Å². The number of aliphatic hydroxyl groups excluding tert-OH is 1. The summed E-state index contributed by atoms with van der Waals surface area (Å²) in [6.07, 6.45) is 2.44. The Balaban J connectivity index is 3.28. The fourth-order valence-electron chi connectivity index (χ4n) is 0.672. The van der Waals surface area contributed by atoms with Crippen LogP contribution in [-0.4, -0.2) is 24.2 Å². The monoisotopic (exact) mass is 131 g/mol. The minimum absolute atomic E-state index is 0.0343. The molecule has 0 bridgehead atoms. The normalized spacial score (nSPS) is 12.7. The molecule has 0 fully saturated rings. The van der Waals surface area contributed by atoms with Crippen LogP contribution < -0.4 is 5.32 Å². The molecule has 0 spiro atoms. The molecular weight excluding hydrogens is 118 g/mol. The highest BCUT2D eigenvalue weighted by molar-refractivity contribution is 5.46. The molecule has 0 aliphatic heterocycles. The summed E-state index contributed by atoms with van der Waals surface area (Å²) in [6, 6.07) is -0.0486. The van der Waals surface area contributed by atoms with Crippen molar-refractivity contribution in [3.63, 3.8) is 0 Å². The van der Waals surface area contributed by atoms with E-state index in [1.54, 1.807) is 0 Å². The third-order valence-electron chi connectivity index (χ3n) is 1.16. The van der Waals surface area contributed by atoms with Crippen molar-refractivity contribution in [2.45, 2.75) is 25.8 Å². The first kappa shape index (κ1) is 8.43. The molecule has 3 nitrogen and oxygen atoms in total. The molecule has 1 atom stereocenters. The third kappa shape index (κ3) is 3.97. The lowest BCUT2D eigenvalue weighted by Gasteiger charge is -2.09. The highest BCUT2D eigenvalue weighted by atomic mass is 16.3. The molecule has 1 unspecified atom stereocenters. The molecule has 0 heterocycles. The van der Waals surface area contributed by atoms with Gasteiger partial charge in [0.05, 0.1) is 12.6 Å². The highest BCUT2D eigenvalue weighted by Crippen LogP contribution is 1.92. The largest absolute Gasteiger partial charge is 0.394 e. The standard InChI is InChI=1S/C6H13NO2/c1-2-3-6(4-8)7-5-9/h5-6,8H,2-4H2,1H3,(H,7,9). The van der Waals surface area contributed by atoms with Crippen LogP contribution in [0, 0.1) is 0 Å². The van der Waals surface area contributed by atoms with Crippen LogP contribution in [0.25, 0.3) is 0 Å². The number of nitrogens with one attached hydrogen (secondary N) is 1. The molecule has 0 aromatic carbocycles. The van der Waals surface area contributed by atoms with Crippen molar-refractivity contribution < 1.29 is 9.90 Å². The lowest BCUT2D eigenvalue weighted by molar-refractivity contribution is -0.110. The molecule has 3 heteroatoms. The van der Waals surface area contributed by atoms with Crippen LogP contribution in [0.3, 0.4) is 0 Å². The molecule has 2 N–H and O–H groups in total. The highest BCUT2D eigenvalue weighted by Gasteiger charge is 2.01. The van der Waals surface area contributed by atoms with Gasteiger partial charge in [-0.15, -0.1) is 0 Å². The van der Waals surface area contributed by atoms with E-state index in [9.17, 15) is 4.79 Å². The molecule has 1 amide bonds. The van der Waals surface area contributed by atoms with Crippen LogP contribution >= 0.6 is 0 Å². The minimum atomic E-state index is -0.0486. The second kappa shape index (κ2) is 5.56. The lowest BCUT2D eigenvalue weighted by Crippen LogP contribution is -2.30. The second-order valence-corrected chi connectivity index (χ2v) is 1.95. The third-order valence-corrected chi connectivity index (χ3v) is 1.16. The number of carbonyl (C=O) groups is 1. The first-order valence-electron chi connectivity index (χ1n) is 3.15. The van der Waals surface area contributed by atoms with Gasteiger partial charge in [-0.1, -0.05) is 13.3 Å². The molecule has 0 radical (unpaired) electrons. The number of hydrogen-bond acceptors (Lipinski definition) is 2. The number of amides is 1. The molecule has 0 rings (SSSR count). The lowest BCUT2D eigenvalue weighted by atomic mass is 10.2. The molecule has 0 aliphatic carbocycles. The van der Waals surface area contributed by atoms with E-state index in [1.165, 1.54) is 0 Å². The summed E-state index contributed by atoms with van der Waals surface area (Å²) >= 11 is 0. The van der Waals surface area contributed by atoms with E-state index in [1.807, 2.05) is 6.92 Å². The van der Waals surface area contributed by atoms with E-state index in [0.717, 1.165) is 12.8 Å². The van der Waals surface area contributed by atoms with E-state index in [-0.39, 0.29) is 12.6 Å². The zero-order valence-electron chi connectivity index (χ0n) is 5.63. The summed E-state index contributed by atoms with van der Waals surface area (Å²) < 4.78 is 0. The first-order chi connectivity index (χ1) is 4.35. The maximum Gasteiger partial charge on any atom is 0.207 e. The summed E-state index contributed by atoms with van der Waals surface area (Å²) in [5.41, 5.74) is 0. The number of aliphatic hydroxyl groups is 1. The number of hydrogen-bond donors (Lipinski definition) is 2. The number of rotatable bonds is 5. The Morgan fingerprint density at radius 3 is 2.78 bits per heavy atom. The number of carbonyl (C=O) groups excluding carboxylic acids is 1. The van der Waals surface area contributed by atoms with Crippen LogP contribution in [0.1, 0.15) is 19.8 Å². The van der Waals surface area contributed by atoms with Gasteiger partial charge < -0.3 is 10.4 Å². The Morgan fingerprint density at radius 2 is 2.44 bits per heavy atom. The maximum atomic E-state index is 9.83. The summed E-state index contributed by atoms with van der Waals surface area (Å²) in [6.45, 7) is 2.04. The smallest absolute Gasteiger partial charge is 0.207 e. The van der Waals surface area contributed by atoms with Crippen molar-refractivity contribution in [1.82, 2.24) is 5.32 Å². The molecule has 0 aromatic rings. The fraction of sp³-hybridized carbons (Fsp3) is 0.833. The van der Waals surface area contributed by atoms with Crippen LogP contribution in [0.5, 0.6) is 0 Å². The van der Waals surface area contributed by atoms with Crippen molar-refractivity contribution in [3.8, 4) is 0 Å². The summed E-state index contributed by atoms with van der Waals surface area (Å²) in [5, 5.41) is 11.1.